The first-order chi connectivity index (χ1) is 14.3. The molecule has 29 heavy (non-hydrogen) atoms. The largest absolute Gasteiger partial charge is 0.497 e. The third-order valence-electron chi connectivity index (χ3n) is 5.69. The van der Waals surface area contributed by atoms with E-state index in [-0.39, 0.29) is 0 Å². The fourth-order valence-corrected chi connectivity index (χ4v) is 3.89. The maximum absolute atomic E-state index is 5.30. The van der Waals surface area contributed by atoms with Crippen LogP contribution in [0.15, 0.2) is 36.4 Å². The zero-order valence-corrected chi connectivity index (χ0v) is 18.0. The number of ether oxygens (including phenoxy) is 1. The van der Waals surface area contributed by atoms with Gasteiger partial charge in [-0.05, 0) is 86.4 Å². The first-order valence-corrected chi connectivity index (χ1v) is 11.3. The van der Waals surface area contributed by atoms with E-state index in [9.17, 15) is 0 Å². The summed E-state index contributed by atoms with van der Waals surface area (Å²) in [6.45, 7) is 10.3. The standard InChI is InChI=1S/C24H38N4O/c1-29-24-9-8-22-18-21(6-7-23(22)19-24)20-27-12-3-2-10-25-11-4-5-15-28-16-13-26-14-17-28/h6-9,18-19,25-27H,2-5,10-17,20H2,1H3. The van der Waals surface area contributed by atoms with Crippen LogP contribution in [0.4, 0.5) is 0 Å². The Morgan fingerprint density at radius 1 is 0.862 bits per heavy atom. The quantitative estimate of drug-likeness (QED) is 0.453. The monoisotopic (exact) mass is 398 g/mol. The fourth-order valence-electron chi connectivity index (χ4n) is 3.89. The molecule has 0 spiro atoms. The van der Waals surface area contributed by atoms with Gasteiger partial charge in [0.25, 0.3) is 0 Å². The highest BCUT2D eigenvalue weighted by Gasteiger charge is 2.07. The van der Waals surface area contributed by atoms with Crippen LogP contribution in [-0.2, 0) is 6.54 Å². The zero-order valence-electron chi connectivity index (χ0n) is 18.0. The summed E-state index contributed by atoms with van der Waals surface area (Å²) in [5.41, 5.74) is 1.34. The second-order valence-corrected chi connectivity index (χ2v) is 7.98. The second kappa shape index (κ2) is 12.8. The Morgan fingerprint density at radius 3 is 2.34 bits per heavy atom. The van der Waals surface area contributed by atoms with Crippen molar-refractivity contribution < 1.29 is 4.74 Å². The molecule has 160 valence electrons. The molecule has 3 N–H and O–H groups in total. The van der Waals surface area contributed by atoms with Crippen molar-refractivity contribution in [2.24, 2.45) is 0 Å². The molecule has 5 heteroatoms. The second-order valence-electron chi connectivity index (χ2n) is 7.98. The van der Waals surface area contributed by atoms with E-state index in [0.29, 0.717) is 0 Å². The van der Waals surface area contributed by atoms with Gasteiger partial charge in [-0.1, -0.05) is 18.2 Å². The molecule has 0 bridgehead atoms. The minimum atomic E-state index is 0.913. The van der Waals surface area contributed by atoms with Gasteiger partial charge in [-0.3, -0.25) is 0 Å². The van der Waals surface area contributed by atoms with Crippen LogP contribution in [0.5, 0.6) is 5.75 Å². The molecule has 1 aliphatic rings. The van der Waals surface area contributed by atoms with Gasteiger partial charge in [0.2, 0.25) is 0 Å². The van der Waals surface area contributed by atoms with Crippen molar-refractivity contribution in [3.63, 3.8) is 0 Å². The summed E-state index contributed by atoms with van der Waals surface area (Å²) in [5, 5.41) is 13.1. The van der Waals surface area contributed by atoms with Crippen molar-refractivity contribution in [3.8, 4) is 5.75 Å². The van der Waals surface area contributed by atoms with E-state index >= 15 is 0 Å². The van der Waals surface area contributed by atoms with Crippen molar-refractivity contribution in [2.75, 3.05) is 59.5 Å². The summed E-state index contributed by atoms with van der Waals surface area (Å²) in [4.78, 5) is 2.58. The van der Waals surface area contributed by atoms with Crippen LogP contribution in [0.3, 0.4) is 0 Å². The zero-order chi connectivity index (χ0) is 20.2. The van der Waals surface area contributed by atoms with E-state index in [4.69, 9.17) is 4.74 Å². The Bertz CT molecular complexity index is 715. The van der Waals surface area contributed by atoms with Gasteiger partial charge in [0.05, 0.1) is 7.11 Å². The first kappa shape index (κ1) is 22.0. The van der Waals surface area contributed by atoms with Crippen LogP contribution in [0.25, 0.3) is 10.8 Å². The van der Waals surface area contributed by atoms with E-state index in [1.165, 1.54) is 61.7 Å². The maximum atomic E-state index is 5.30. The van der Waals surface area contributed by atoms with Crippen LogP contribution in [0.1, 0.15) is 31.2 Å². The molecule has 1 saturated heterocycles. The number of rotatable bonds is 13. The van der Waals surface area contributed by atoms with E-state index in [1.807, 2.05) is 6.07 Å². The van der Waals surface area contributed by atoms with Crippen molar-refractivity contribution in [2.45, 2.75) is 32.2 Å². The van der Waals surface area contributed by atoms with E-state index in [0.717, 1.165) is 45.0 Å². The molecule has 3 rings (SSSR count). The molecule has 0 aliphatic carbocycles. The van der Waals surface area contributed by atoms with Crippen molar-refractivity contribution in [1.29, 1.82) is 0 Å². The smallest absolute Gasteiger partial charge is 0.119 e. The van der Waals surface area contributed by atoms with Crippen molar-refractivity contribution in [3.05, 3.63) is 42.0 Å². The lowest BCUT2D eigenvalue weighted by atomic mass is 10.1. The summed E-state index contributed by atoms with van der Waals surface area (Å²) in [5.74, 6) is 0.913. The van der Waals surface area contributed by atoms with E-state index in [2.05, 4.69) is 51.2 Å². The van der Waals surface area contributed by atoms with Gasteiger partial charge in [-0.2, -0.15) is 0 Å². The number of benzene rings is 2. The molecule has 1 heterocycles. The van der Waals surface area contributed by atoms with Gasteiger partial charge in [0.15, 0.2) is 0 Å². The summed E-state index contributed by atoms with van der Waals surface area (Å²) >= 11 is 0. The first-order valence-electron chi connectivity index (χ1n) is 11.3. The predicted octanol–water partition coefficient (Wildman–Crippen LogP) is 2.99. The number of hydrogen-bond acceptors (Lipinski definition) is 5. The lowest BCUT2D eigenvalue weighted by molar-refractivity contribution is 0.236. The lowest BCUT2D eigenvalue weighted by Crippen LogP contribution is -2.43. The van der Waals surface area contributed by atoms with Gasteiger partial charge in [0, 0.05) is 32.7 Å². The Morgan fingerprint density at radius 2 is 1.55 bits per heavy atom. The summed E-state index contributed by atoms with van der Waals surface area (Å²) < 4.78 is 5.30. The number of piperazine rings is 1. The highest BCUT2D eigenvalue weighted by molar-refractivity contribution is 5.84. The number of methoxy groups -OCH3 is 1. The van der Waals surface area contributed by atoms with Crippen LogP contribution >= 0.6 is 0 Å². The third kappa shape index (κ3) is 7.94. The molecule has 0 radical (unpaired) electrons. The lowest BCUT2D eigenvalue weighted by Gasteiger charge is -2.27. The molecular formula is C24H38N4O. The SMILES string of the molecule is COc1ccc2cc(CNCCCCNCCCCN3CCNCC3)ccc2c1. The molecule has 2 aromatic rings. The molecule has 1 aliphatic heterocycles. The van der Waals surface area contributed by atoms with Crippen LogP contribution in [0, 0.1) is 0 Å². The molecule has 0 saturated carbocycles. The minimum absolute atomic E-state index is 0.913. The maximum Gasteiger partial charge on any atom is 0.119 e. The molecule has 0 atom stereocenters. The average molecular weight is 399 g/mol. The highest BCUT2D eigenvalue weighted by Crippen LogP contribution is 2.21. The number of nitrogens with one attached hydrogen (secondary N) is 3. The van der Waals surface area contributed by atoms with Gasteiger partial charge >= 0.3 is 0 Å². The molecular weight excluding hydrogens is 360 g/mol. The minimum Gasteiger partial charge on any atom is -0.497 e. The van der Waals surface area contributed by atoms with Crippen molar-refractivity contribution >= 4 is 10.8 Å². The predicted molar refractivity (Wildman–Crippen MR) is 123 cm³/mol. The highest BCUT2D eigenvalue weighted by atomic mass is 16.5. The molecule has 2 aromatic carbocycles. The number of fused-ring (bicyclic) bond motifs is 1. The van der Waals surface area contributed by atoms with E-state index < -0.39 is 0 Å². The Labute approximate surface area is 176 Å². The van der Waals surface area contributed by atoms with Gasteiger partial charge in [-0.15, -0.1) is 0 Å². The van der Waals surface area contributed by atoms with Crippen LogP contribution in [-0.4, -0.2) is 64.4 Å². The molecule has 0 unspecified atom stereocenters. The van der Waals surface area contributed by atoms with Crippen molar-refractivity contribution in [1.82, 2.24) is 20.9 Å². The molecule has 1 fully saturated rings. The van der Waals surface area contributed by atoms with E-state index in [1.54, 1.807) is 7.11 Å². The number of hydrogen-bond donors (Lipinski definition) is 3. The van der Waals surface area contributed by atoms with Gasteiger partial charge in [0.1, 0.15) is 5.75 Å². The summed E-state index contributed by atoms with van der Waals surface area (Å²) in [6.07, 6.45) is 5.06. The summed E-state index contributed by atoms with van der Waals surface area (Å²) in [6, 6.07) is 12.9. The van der Waals surface area contributed by atoms with Crippen LogP contribution < -0.4 is 20.7 Å². The molecule has 5 nitrogen and oxygen atoms in total. The molecule has 0 aromatic heterocycles. The normalized spacial score (nSPS) is 15.1. The topological polar surface area (TPSA) is 48.6 Å². The fraction of sp³-hybridized carbons (Fsp3) is 0.583. The van der Waals surface area contributed by atoms with Gasteiger partial charge < -0.3 is 25.6 Å². The third-order valence-corrected chi connectivity index (χ3v) is 5.69. The number of nitrogens with zero attached hydrogens (tertiary/aromatic N) is 1. The number of unbranched alkanes of at least 4 members (excludes halogenated alkanes) is 2. The average Bonchev–Trinajstić information content (AvgIpc) is 2.77. The van der Waals surface area contributed by atoms with Crippen LogP contribution in [0.2, 0.25) is 0 Å². The molecule has 0 amide bonds. The Kier molecular flexibility index (Phi) is 9.73. The summed E-state index contributed by atoms with van der Waals surface area (Å²) in [7, 11) is 1.71. The Hall–Kier alpha value is -1.66. The Balaban J connectivity index is 1.18. The van der Waals surface area contributed by atoms with Gasteiger partial charge in [-0.25, -0.2) is 0 Å².